The minimum absolute atomic E-state index is 0.0457. The maximum Gasteiger partial charge on any atom is 0.459 e. The lowest BCUT2D eigenvalue weighted by atomic mass is 9.98. The van der Waals surface area contributed by atoms with Gasteiger partial charge >= 0.3 is 24.0 Å². The highest BCUT2D eigenvalue weighted by Crippen LogP contribution is 2.48. The minimum atomic E-state index is -6.29. The summed E-state index contributed by atoms with van der Waals surface area (Å²) in [5, 5.41) is 8.96. The molecule has 0 aromatic rings. The van der Waals surface area contributed by atoms with E-state index in [0.717, 1.165) is 0 Å². The third-order valence-electron chi connectivity index (χ3n) is 3.71. The molecule has 0 fully saturated rings. The van der Waals surface area contributed by atoms with Crippen molar-refractivity contribution in [1.29, 1.82) is 0 Å². The van der Waals surface area contributed by atoms with Crippen LogP contribution in [0, 0.1) is 5.92 Å². The molecule has 10 heteroatoms. The van der Waals surface area contributed by atoms with Crippen LogP contribution in [0.25, 0.3) is 0 Å². The highest BCUT2D eigenvalue weighted by molar-refractivity contribution is 7.99. The lowest BCUT2D eigenvalue weighted by Gasteiger charge is -2.28. The molecule has 0 aliphatic rings. The van der Waals surface area contributed by atoms with Crippen LogP contribution in [0.2, 0.25) is 0 Å². The molecule has 0 saturated heterocycles. The van der Waals surface area contributed by atoms with E-state index in [-0.39, 0.29) is 17.4 Å². The van der Waals surface area contributed by atoms with Crippen molar-refractivity contribution in [3.05, 3.63) is 0 Å². The number of hydrogen-bond acceptors (Lipinski definition) is 2. The Balaban J connectivity index is 4.23. The number of carbonyl (C=O) groups is 1. The SMILES string of the molecule is CCCC(CC(C)SCCCCC(F)(F)C(F)(F)C(F)(F)F)C(=O)O. The third-order valence-corrected chi connectivity index (χ3v) is 4.99. The molecule has 150 valence electrons. The van der Waals surface area contributed by atoms with Gasteiger partial charge in [0.1, 0.15) is 0 Å². The van der Waals surface area contributed by atoms with Gasteiger partial charge in [-0.15, -0.1) is 0 Å². The minimum Gasteiger partial charge on any atom is -0.481 e. The van der Waals surface area contributed by atoms with Crippen LogP contribution < -0.4 is 0 Å². The quantitative estimate of drug-likeness (QED) is 0.322. The van der Waals surface area contributed by atoms with E-state index in [4.69, 9.17) is 5.11 Å². The van der Waals surface area contributed by atoms with Crippen molar-refractivity contribution in [2.45, 2.75) is 75.6 Å². The van der Waals surface area contributed by atoms with E-state index < -0.39 is 42.8 Å². The van der Waals surface area contributed by atoms with Crippen LogP contribution in [0.15, 0.2) is 0 Å². The van der Waals surface area contributed by atoms with E-state index in [0.29, 0.717) is 19.3 Å². The molecule has 25 heavy (non-hydrogen) atoms. The molecular weight excluding hydrogens is 377 g/mol. The average molecular weight is 400 g/mol. The van der Waals surface area contributed by atoms with Gasteiger partial charge in [0, 0.05) is 11.7 Å². The van der Waals surface area contributed by atoms with E-state index in [9.17, 15) is 35.5 Å². The fourth-order valence-electron chi connectivity index (χ4n) is 2.26. The molecule has 0 spiro atoms. The summed E-state index contributed by atoms with van der Waals surface area (Å²) >= 11 is 1.29. The zero-order valence-corrected chi connectivity index (χ0v) is 14.8. The molecular formula is C15H23F7O2S. The van der Waals surface area contributed by atoms with Crippen molar-refractivity contribution in [3.8, 4) is 0 Å². The molecule has 0 aliphatic carbocycles. The molecule has 0 radical (unpaired) electrons. The molecule has 1 N–H and O–H groups in total. The molecule has 0 aliphatic heterocycles. The van der Waals surface area contributed by atoms with Gasteiger partial charge in [-0.1, -0.05) is 20.3 Å². The smallest absolute Gasteiger partial charge is 0.459 e. The Hall–Kier alpha value is -0.670. The van der Waals surface area contributed by atoms with Crippen LogP contribution in [0.3, 0.4) is 0 Å². The molecule has 0 heterocycles. The van der Waals surface area contributed by atoms with Gasteiger partial charge in [0.25, 0.3) is 0 Å². The number of thioether (sulfide) groups is 1. The Morgan fingerprint density at radius 1 is 1.08 bits per heavy atom. The Morgan fingerprint density at radius 2 is 1.64 bits per heavy atom. The van der Waals surface area contributed by atoms with Crippen molar-refractivity contribution in [2.75, 3.05) is 5.75 Å². The van der Waals surface area contributed by atoms with Gasteiger partial charge in [-0.25, -0.2) is 0 Å². The van der Waals surface area contributed by atoms with E-state index >= 15 is 0 Å². The summed E-state index contributed by atoms with van der Waals surface area (Å²) in [6, 6.07) is 0. The zero-order chi connectivity index (χ0) is 19.9. The Kier molecular flexibility index (Phi) is 9.61. The first-order valence-corrected chi connectivity index (χ1v) is 8.98. The third kappa shape index (κ3) is 7.62. The second kappa shape index (κ2) is 9.87. The number of rotatable bonds is 12. The number of carboxylic acid groups (broad SMARTS) is 1. The normalized spacial score (nSPS) is 15.9. The van der Waals surface area contributed by atoms with Gasteiger partial charge in [0.15, 0.2) is 0 Å². The summed E-state index contributed by atoms with van der Waals surface area (Å²) in [6.45, 7) is 3.62. The van der Waals surface area contributed by atoms with Gasteiger partial charge in [-0.3, -0.25) is 4.79 Å². The Morgan fingerprint density at radius 3 is 2.08 bits per heavy atom. The van der Waals surface area contributed by atoms with Crippen molar-refractivity contribution < 1.29 is 40.6 Å². The van der Waals surface area contributed by atoms with E-state index in [1.54, 1.807) is 6.92 Å². The van der Waals surface area contributed by atoms with Crippen molar-refractivity contribution >= 4 is 17.7 Å². The second-order valence-corrected chi connectivity index (χ2v) is 7.52. The maximum atomic E-state index is 13.1. The first kappa shape index (κ1) is 24.3. The van der Waals surface area contributed by atoms with Crippen LogP contribution in [0.4, 0.5) is 30.7 Å². The Bertz CT molecular complexity index is 413. The molecule has 2 unspecified atom stereocenters. The Labute approximate surface area is 146 Å². The summed E-state index contributed by atoms with van der Waals surface area (Å²) in [5.74, 6) is -12.3. The van der Waals surface area contributed by atoms with Crippen LogP contribution in [-0.2, 0) is 4.79 Å². The largest absolute Gasteiger partial charge is 0.481 e. The molecule has 0 amide bonds. The second-order valence-electron chi connectivity index (χ2n) is 5.97. The number of alkyl halides is 7. The monoisotopic (exact) mass is 400 g/mol. The van der Waals surface area contributed by atoms with Gasteiger partial charge < -0.3 is 5.11 Å². The highest BCUT2D eigenvalue weighted by atomic mass is 32.2. The summed E-state index contributed by atoms with van der Waals surface area (Å²) in [6.07, 6.45) is -6.67. The predicted octanol–water partition coefficient (Wildman–Crippen LogP) is 6.00. The first-order valence-electron chi connectivity index (χ1n) is 7.93. The first-order chi connectivity index (χ1) is 11.3. The van der Waals surface area contributed by atoms with Gasteiger partial charge in [0.2, 0.25) is 0 Å². The fraction of sp³-hybridized carbons (Fsp3) is 0.933. The topological polar surface area (TPSA) is 37.3 Å². The average Bonchev–Trinajstić information content (AvgIpc) is 2.44. The highest BCUT2D eigenvalue weighted by Gasteiger charge is 2.72. The lowest BCUT2D eigenvalue weighted by Crippen LogP contribution is -2.51. The fourth-order valence-corrected chi connectivity index (χ4v) is 3.40. The standard InChI is InChI=1S/C15H23F7O2S/c1-3-6-11(12(23)24)9-10(2)25-8-5-4-7-13(16,17)14(18,19)15(20,21)22/h10-11H,3-9H2,1-2H3,(H,23,24). The van der Waals surface area contributed by atoms with Gasteiger partial charge in [-0.2, -0.15) is 42.5 Å². The lowest BCUT2D eigenvalue weighted by molar-refractivity contribution is -0.355. The summed E-state index contributed by atoms with van der Waals surface area (Å²) < 4.78 is 87.5. The maximum absolute atomic E-state index is 13.1. The molecule has 0 rings (SSSR count). The summed E-state index contributed by atoms with van der Waals surface area (Å²) in [4.78, 5) is 11.0. The van der Waals surface area contributed by atoms with E-state index in [1.165, 1.54) is 11.8 Å². The number of aliphatic carboxylic acids is 1. The van der Waals surface area contributed by atoms with Crippen LogP contribution >= 0.6 is 11.8 Å². The van der Waals surface area contributed by atoms with Crippen molar-refractivity contribution in [1.82, 2.24) is 0 Å². The molecule has 0 saturated carbocycles. The number of unbranched alkanes of at least 4 members (excludes halogenated alkanes) is 1. The molecule has 0 aromatic carbocycles. The van der Waals surface area contributed by atoms with Crippen molar-refractivity contribution in [3.63, 3.8) is 0 Å². The van der Waals surface area contributed by atoms with Crippen LogP contribution in [0.5, 0.6) is 0 Å². The van der Waals surface area contributed by atoms with Crippen LogP contribution in [0.1, 0.15) is 52.4 Å². The summed E-state index contributed by atoms with van der Waals surface area (Å²) in [5.41, 5.74) is 0. The molecule has 0 bridgehead atoms. The van der Waals surface area contributed by atoms with E-state index in [1.807, 2.05) is 6.92 Å². The number of halogens is 7. The number of hydrogen-bond donors (Lipinski definition) is 1. The molecule has 0 aromatic heterocycles. The van der Waals surface area contributed by atoms with Gasteiger partial charge in [0.05, 0.1) is 5.92 Å². The summed E-state index contributed by atoms with van der Waals surface area (Å²) in [7, 11) is 0. The van der Waals surface area contributed by atoms with Crippen LogP contribution in [-0.4, -0.2) is 40.1 Å². The van der Waals surface area contributed by atoms with Gasteiger partial charge in [-0.05, 0) is 31.4 Å². The zero-order valence-electron chi connectivity index (χ0n) is 14.0. The number of carboxylic acids is 1. The molecule has 2 atom stereocenters. The van der Waals surface area contributed by atoms with Crippen molar-refractivity contribution in [2.24, 2.45) is 5.92 Å². The predicted molar refractivity (Wildman–Crippen MR) is 82.4 cm³/mol. The molecule has 2 nitrogen and oxygen atoms in total. The van der Waals surface area contributed by atoms with E-state index in [2.05, 4.69) is 0 Å².